The van der Waals surface area contributed by atoms with Crippen molar-refractivity contribution < 1.29 is 0 Å². The molecule has 1 fully saturated rings. The first-order valence-corrected chi connectivity index (χ1v) is 7.78. The summed E-state index contributed by atoms with van der Waals surface area (Å²) < 4.78 is 0. The molecule has 3 rings (SSSR count). The van der Waals surface area contributed by atoms with E-state index in [0.717, 1.165) is 24.0 Å². The highest BCUT2D eigenvalue weighted by Crippen LogP contribution is 2.24. The van der Waals surface area contributed by atoms with Gasteiger partial charge in [0.25, 0.3) is 0 Å². The van der Waals surface area contributed by atoms with E-state index in [4.69, 9.17) is 9.98 Å². The number of hydrogen-bond acceptors (Lipinski definition) is 4. The van der Waals surface area contributed by atoms with E-state index in [1.54, 1.807) is 24.8 Å². The summed E-state index contributed by atoms with van der Waals surface area (Å²) in [6.07, 6.45) is 15.8. The summed E-state index contributed by atoms with van der Waals surface area (Å²) in [4.78, 5) is 17.6. The largest absolute Gasteiger partial charge is 0.287 e. The second-order valence-corrected chi connectivity index (χ2v) is 5.54. The summed E-state index contributed by atoms with van der Waals surface area (Å²) >= 11 is 0. The molecule has 2 aromatic rings. The van der Waals surface area contributed by atoms with Gasteiger partial charge in [0.1, 0.15) is 0 Å². The number of rotatable bonds is 4. The maximum absolute atomic E-state index is 4.77. The lowest BCUT2D eigenvalue weighted by molar-refractivity contribution is 0.390. The molecular weight excluding hydrogens is 272 g/mol. The average Bonchev–Trinajstić information content (AvgIpc) is 2.61. The van der Waals surface area contributed by atoms with E-state index in [2.05, 4.69) is 9.97 Å². The molecular formula is C18H20N4. The van der Waals surface area contributed by atoms with Gasteiger partial charge in [-0.1, -0.05) is 12.8 Å². The highest BCUT2D eigenvalue weighted by molar-refractivity contribution is 5.80. The molecule has 22 heavy (non-hydrogen) atoms. The summed E-state index contributed by atoms with van der Waals surface area (Å²) in [7, 11) is 0. The fourth-order valence-corrected chi connectivity index (χ4v) is 2.70. The zero-order valence-corrected chi connectivity index (χ0v) is 12.5. The topological polar surface area (TPSA) is 50.5 Å². The van der Waals surface area contributed by atoms with E-state index >= 15 is 0 Å². The van der Waals surface area contributed by atoms with E-state index in [-0.39, 0.29) is 12.1 Å². The van der Waals surface area contributed by atoms with Crippen molar-refractivity contribution in [2.45, 2.75) is 37.8 Å². The fraction of sp³-hybridized carbons (Fsp3) is 0.333. The second-order valence-electron chi connectivity index (χ2n) is 5.54. The molecule has 0 aromatic carbocycles. The number of aromatic nitrogens is 2. The number of aliphatic imine (C=N–C) groups is 2. The molecule has 0 saturated heterocycles. The third kappa shape index (κ3) is 4.07. The van der Waals surface area contributed by atoms with Crippen LogP contribution < -0.4 is 0 Å². The van der Waals surface area contributed by atoms with Gasteiger partial charge in [0.05, 0.1) is 12.1 Å². The van der Waals surface area contributed by atoms with Crippen molar-refractivity contribution in [3.05, 3.63) is 60.2 Å². The van der Waals surface area contributed by atoms with Gasteiger partial charge in [0.2, 0.25) is 0 Å². The maximum atomic E-state index is 4.77. The lowest BCUT2D eigenvalue weighted by Crippen LogP contribution is -2.27. The molecule has 0 N–H and O–H groups in total. The van der Waals surface area contributed by atoms with Crippen LogP contribution in [0.15, 0.2) is 59.0 Å². The van der Waals surface area contributed by atoms with Gasteiger partial charge >= 0.3 is 0 Å². The van der Waals surface area contributed by atoms with E-state index in [9.17, 15) is 0 Å². The Bertz CT molecular complexity index is 565. The van der Waals surface area contributed by atoms with Gasteiger partial charge in [0, 0.05) is 37.2 Å². The first-order valence-electron chi connectivity index (χ1n) is 7.78. The molecule has 2 atom stereocenters. The van der Waals surface area contributed by atoms with Crippen molar-refractivity contribution in [3.8, 4) is 0 Å². The molecule has 4 heteroatoms. The Morgan fingerprint density at radius 3 is 1.55 bits per heavy atom. The van der Waals surface area contributed by atoms with Gasteiger partial charge in [-0.05, 0) is 48.2 Å². The highest BCUT2D eigenvalue weighted by Gasteiger charge is 2.22. The Labute approximate surface area is 131 Å². The lowest BCUT2D eigenvalue weighted by atomic mass is 9.91. The minimum atomic E-state index is 0.278. The first-order chi connectivity index (χ1) is 10.9. The number of nitrogens with zero attached hydrogens (tertiary/aromatic N) is 4. The van der Waals surface area contributed by atoms with Crippen molar-refractivity contribution in [1.82, 2.24) is 9.97 Å². The maximum Gasteiger partial charge on any atom is 0.0723 e. The van der Waals surface area contributed by atoms with Crippen LogP contribution in [0.1, 0.15) is 36.8 Å². The minimum absolute atomic E-state index is 0.278. The van der Waals surface area contributed by atoms with Crippen LogP contribution in [0, 0.1) is 0 Å². The summed E-state index contributed by atoms with van der Waals surface area (Å²) in [6.45, 7) is 0. The molecule has 112 valence electrons. The molecule has 1 aliphatic carbocycles. The Morgan fingerprint density at radius 2 is 1.14 bits per heavy atom. The monoisotopic (exact) mass is 292 g/mol. The highest BCUT2D eigenvalue weighted by atomic mass is 14.9. The van der Waals surface area contributed by atoms with Gasteiger partial charge in [-0.3, -0.25) is 20.0 Å². The van der Waals surface area contributed by atoms with Crippen molar-refractivity contribution in [2.75, 3.05) is 0 Å². The second kappa shape index (κ2) is 7.59. The van der Waals surface area contributed by atoms with Crippen LogP contribution in [0.4, 0.5) is 0 Å². The van der Waals surface area contributed by atoms with Crippen LogP contribution in [0.3, 0.4) is 0 Å². The van der Waals surface area contributed by atoms with Crippen LogP contribution in [0.5, 0.6) is 0 Å². The summed E-state index contributed by atoms with van der Waals surface area (Å²) in [5.41, 5.74) is 2.19. The number of hydrogen-bond donors (Lipinski definition) is 0. The van der Waals surface area contributed by atoms with Crippen LogP contribution >= 0.6 is 0 Å². The van der Waals surface area contributed by atoms with Crippen LogP contribution in [-0.4, -0.2) is 34.5 Å². The average molecular weight is 292 g/mol. The van der Waals surface area contributed by atoms with E-state index in [0.29, 0.717) is 0 Å². The molecule has 4 nitrogen and oxygen atoms in total. The Morgan fingerprint density at radius 1 is 0.727 bits per heavy atom. The van der Waals surface area contributed by atoms with Gasteiger partial charge in [-0.25, -0.2) is 0 Å². The smallest absolute Gasteiger partial charge is 0.0723 e. The molecule has 0 unspecified atom stereocenters. The predicted octanol–water partition coefficient (Wildman–Crippen LogP) is 3.33. The third-order valence-electron chi connectivity index (χ3n) is 3.94. The van der Waals surface area contributed by atoms with Crippen molar-refractivity contribution in [2.24, 2.45) is 9.98 Å². The minimum Gasteiger partial charge on any atom is -0.287 e. The van der Waals surface area contributed by atoms with Crippen LogP contribution in [0.2, 0.25) is 0 Å². The Balaban J connectivity index is 1.69. The molecule has 1 saturated carbocycles. The lowest BCUT2D eigenvalue weighted by Gasteiger charge is -2.25. The third-order valence-corrected chi connectivity index (χ3v) is 3.94. The predicted molar refractivity (Wildman–Crippen MR) is 89.7 cm³/mol. The molecule has 0 bridgehead atoms. The number of pyridine rings is 2. The van der Waals surface area contributed by atoms with Gasteiger partial charge in [-0.15, -0.1) is 0 Å². The molecule has 2 aromatic heterocycles. The van der Waals surface area contributed by atoms with Crippen molar-refractivity contribution >= 4 is 12.4 Å². The molecule has 0 spiro atoms. The molecule has 1 aliphatic rings. The summed E-state index contributed by atoms with van der Waals surface area (Å²) in [5.74, 6) is 0. The van der Waals surface area contributed by atoms with E-state index < -0.39 is 0 Å². The van der Waals surface area contributed by atoms with Crippen LogP contribution in [0.25, 0.3) is 0 Å². The Hall–Kier alpha value is -2.36. The quantitative estimate of drug-likeness (QED) is 0.812. The zero-order valence-electron chi connectivity index (χ0n) is 12.5. The molecule has 2 heterocycles. The first kappa shape index (κ1) is 14.6. The van der Waals surface area contributed by atoms with Crippen molar-refractivity contribution in [3.63, 3.8) is 0 Å². The Kier molecular flexibility index (Phi) is 5.03. The standard InChI is InChI=1S/C18H20N4/c1-2-4-18(22-14-16-7-11-20-12-8-16)17(3-1)21-13-15-5-9-19-10-6-15/h5-14,17-18H,1-4H2/t17-,18-/m1/s1. The van der Waals surface area contributed by atoms with Gasteiger partial charge in [0.15, 0.2) is 0 Å². The van der Waals surface area contributed by atoms with E-state index in [1.165, 1.54) is 12.8 Å². The van der Waals surface area contributed by atoms with Crippen molar-refractivity contribution in [1.29, 1.82) is 0 Å². The molecule has 0 aliphatic heterocycles. The molecule has 0 radical (unpaired) electrons. The normalized spacial score (nSPS) is 22.4. The fourth-order valence-electron chi connectivity index (χ4n) is 2.70. The summed E-state index contributed by atoms with van der Waals surface area (Å²) in [5, 5.41) is 0. The molecule has 0 amide bonds. The SMILES string of the molecule is C(=N[C@@H]1CCCC[C@H]1N=Cc1ccncc1)c1ccncc1. The summed E-state index contributed by atoms with van der Waals surface area (Å²) in [6, 6.07) is 8.45. The zero-order chi connectivity index (χ0) is 15.0. The van der Waals surface area contributed by atoms with Gasteiger partial charge < -0.3 is 0 Å². The van der Waals surface area contributed by atoms with Crippen LogP contribution in [-0.2, 0) is 0 Å². The van der Waals surface area contributed by atoms with Gasteiger partial charge in [-0.2, -0.15) is 0 Å². The van der Waals surface area contributed by atoms with E-state index in [1.807, 2.05) is 36.7 Å².